The Labute approximate surface area is 146 Å². The molecule has 0 fully saturated rings. The maximum Gasteiger partial charge on any atom is 0.407 e. The zero-order valence-electron chi connectivity index (χ0n) is 15.2. The first kappa shape index (κ1) is 23.1. The Morgan fingerprint density at radius 2 is 1.75 bits per heavy atom. The summed E-state index contributed by atoms with van der Waals surface area (Å²) in [7, 11) is -1.25. The monoisotopic (exact) mass is 364 g/mol. The Hall–Kier alpha value is -0.910. The van der Waals surface area contributed by atoms with Crippen LogP contribution >= 0.6 is 8.38 Å². The molecular weight excluding hydrogens is 331 g/mol. The minimum atomic E-state index is -1.25. The van der Waals surface area contributed by atoms with E-state index in [1.807, 2.05) is 0 Å². The molecule has 2 amide bonds. The molecule has 7 nitrogen and oxygen atoms in total. The van der Waals surface area contributed by atoms with E-state index >= 15 is 0 Å². The van der Waals surface area contributed by atoms with Crippen molar-refractivity contribution in [1.82, 2.24) is 10.6 Å². The zero-order chi connectivity index (χ0) is 18.2. The van der Waals surface area contributed by atoms with Crippen molar-refractivity contribution in [1.29, 1.82) is 0 Å². The van der Waals surface area contributed by atoms with Crippen LogP contribution in [0.1, 0.15) is 52.4 Å². The third-order valence-electron chi connectivity index (χ3n) is 3.22. The number of alkyl carbamates (subject to hydrolysis) is 1. The lowest BCUT2D eigenvalue weighted by Crippen LogP contribution is -2.31. The van der Waals surface area contributed by atoms with Crippen LogP contribution in [0.25, 0.3) is 0 Å². The lowest BCUT2D eigenvalue weighted by molar-refractivity contribution is -0.121. The van der Waals surface area contributed by atoms with Gasteiger partial charge in [-0.3, -0.25) is 4.79 Å². The Bertz CT molecular complexity index is 340. The summed E-state index contributed by atoms with van der Waals surface area (Å²) in [6.45, 7) is 7.47. The van der Waals surface area contributed by atoms with Crippen molar-refractivity contribution in [3.63, 3.8) is 0 Å². The molecule has 8 heteroatoms. The van der Waals surface area contributed by atoms with E-state index < -0.39 is 14.5 Å². The summed E-state index contributed by atoms with van der Waals surface area (Å²) >= 11 is 0. The molecular formula is C16H33N2O5P. The van der Waals surface area contributed by atoms with E-state index in [-0.39, 0.29) is 12.5 Å². The van der Waals surface area contributed by atoms with Gasteiger partial charge in [-0.05, 0) is 25.2 Å². The van der Waals surface area contributed by atoms with Crippen molar-refractivity contribution in [2.45, 2.75) is 52.4 Å². The third kappa shape index (κ3) is 17.4. The minimum absolute atomic E-state index is 0.00600. The fraction of sp³-hybridized carbons (Fsp3) is 0.875. The Morgan fingerprint density at radius 3 is 2.42 bits per heavy atom. The molecule has 0 aromatic heterocycles. The van der Waals surface area contributed by atoms with E-state index in [1.165, 1.54) is 0 Å². The van der Waals surface area contributed by atoms with Gasteiger partial charge in [0.05, 0.1) is 13.2 Å². The van der Waals surface area contributed by atoms with E-state index in [1.54, 1.807) is 6.66 Å². The first-order valence-corrected chi connectivity index (χ1v) is 10.3. The van der Waals surface area contributed by atoms with Gasteiger partial charge < -0.3 is 24.8 Å². The molecule has 0 saturated heterocycles. The minimum Gasteiger partial charge on any atom is -0.448 e. The average molecular weight is 364 g/mol. The highest BCUT2D eigenvalue weighted by Gasteiger charge is 2.04. The van der Waals surface area contributed by atoms with Crippen molar-refractivity contribution < 1.29 is 23.7 Å². The first-order chi connectivity index (χ1) is 11.4. The van der Waals surface area contributed by atoms with Gasteiger partial charge in [-0.25, -0.2) is 4.79 Å². The number of amides is 2. The van der Waals surface area contributed by atoms with Gasteiger partial charge in [0.25, 0.3) is 0 Å². The van der Waals surface area contributed by atoms with Gasteiger partial charge in [0.1, 0.15) is 6.61 Å². The molecule has 0 aliphatic heterocycles. The number of hydrogen-bond acceptors (Lipinski definition) is 5. The SMILES string of the molecule is CC(C)CCC(=O)NCCOC(=O)NCCCCCCOP(C)O. The van der Waals surface area contributed by atoms with Crippen molar-refractivity contribution in [3.8, 4) is 0 Å². The normalized spacial score (nSPS) is 12.0. The average Bonchev–Trinajstić information content (AvgIpc) is 2.51. The molecule has 0 heterocycles. The highest BCUT2D eigenvalue weighted by molar-refractivity contribution is 7.45. The molecule has 0 aromatic carbocycles. The Balaban J connectivity index is 3.34. The van der Waals surface area contributed by atoms with Crippen molar-refractivity contribution in [2.75, 3.05) is 33.0 Å². The van der Waals surface area contributed by atoms with Gasteiger partial charge in [-0.2, -0.15) is 0 Å². The maximum absolute atomic E-state index is 11.5. The number of nitrogens with one attached hydrogen (secondary N) is 2. The maximum atomic E-state index is 11.5. The summed E-state index contributed by atoms with van der Waals surface area (Å²) in [5.74, 6) is 0.498. The van der Waals surface area contributed by atoms with Crippen LogP contribution in [-0.2, 0) is 14.1 Å². The molecule has 0 aliphatic rings. The standard InChI is InChI=1S/C16H33N2O5P/c1-14(2)8-9-15(19)17-11-13-22-16(20)18-10-6-4-5-7-12-23-24(3)21/h14,21H,4-13H2,1-3H3,(H,17,19)(H,18,20). The van der Waals surface area contributed by atoms with Crippen LogP contribution < -0.4 is 10.6 Å². The lowest BCUT2D eigenvalue weighted by Gasteiger charge is -2.09. The van der Waals surface area contributed by atoms with Crippen LogP contribution in [0.15, 0.2) is 0 Å². The number of unbranched alkanes of at least 4 members (excludes halogenated alkanes) is 3. The summed E-state index contributed by atoms with van der Waals surface area (Å²) in [5, 5.41) is 5.40. The molecule has 0 rings (SSSR count). The molecule has 0 bridgehead atoms. The third-order valence-corrected chi connectivity index (χ3v) is 3.78. The highest BCUT2D eigenvalue weighted by atomic mass is 31.2. The molecule has 1 atom stereocenters. The predicted molar refractivity (Wildman–Crippen MR) is 95.9 cm³/mol. The van der Waals surface area contributed by atoms with Gasteiger partial charge in [-0.15, -0.1) is 0 Å². The summed E-state index contributed by atoms with van der Waals surface area (Å²) in [5.41, 5.74) is 0. The number of carbonyl (C=O) groups is 2. The van der Waals surface area contributed by atoms with Crippen LogP contribution in [-0.4, -0.2) is 49.9 Å². The molecule has 0 spiro atoms. The van der Waals surface area contributed by atoms with Gasteiger partial charge >= 0.3 is 6.09 Å². The van der Waals surface area contributed by atoms with Crippen LogP contribution in [0.2, 0.25) is 0 Å². The fourth-order valence-corrected chi connectivity index (χ4v) is 2.25. The van der Waals surface area contributed by atoms with Crippen LogP contribution in [0.3, 0.4) is 0 Å². The molecule has 142 valence electrons. The topological polar surface area (TPSA) is 96.9 Å². The predicted octanol–water partition coefficient (Wildman–Crippen LogP) is 2.78. The molecule has 0 aromatic rings. The zero-order valence-corrected chi connectivity index (χ0v) is 16.1. The highest BCUT2D eigenvalue weighted by Crippen LogP contribution is 2.25. The van der Waals surface area contributed by atoms with Gasteiger partial charge in [0, 0.05) is 19.6 Å². The van der Waals surface area contributed by atoms with E-state index in [0.717, 1.165) is 32.1 Å². The number of ether oxygens (including phenoxy) is 1. The molecule has 0 saturated carbocycles. The van der Waals surface area contributed by atoms with Crippen LogP contribution in [0.4, 0.5) is 4.79 Å². The Morgan fingerprint density at radius 1 is 1.04 bits per heavy atom. The largest absolute Gasteiger partial charge is 0.448 e. The van der Waals surface area contributed by atoms with Crippen molar-refractivity contribution >= 4 is 20.4 Å². The quantitative estimate of drug-likeness (QED) is 0.325. The van der Waals surface area contributed by atoms with Gasteiger partial charge in [0.2, 0.25) is 5.91 Å². The summed E-state index contributed by atoms with van der Waals surface area (Å²) in [6, 6.07) is 0. The molecule has 1 unspecified atom stereocenters. The van der Waals surface area contributed by atoms with Gasteiger partial charge in [0.15, 0.2) is 8.38 Å². The summed E-state index contributed by atoms with van der Waals surface area (Å²) in [4.78, 5) is 31.9. The molecule has 0 radical (unpaired) electrons. The summed E-state index contributed by atoms with van der Waals surface area (Å²) < 4.78 is 10.1. The van der Waals surface area contributed by atoms with Crippen LogP contribution in [0, 0.1) is 5.92 Å². The van der Waals surface area contributed by atoms with E-state index in [2.05, 4.69) is 24.5 Å². The second-order valence-corrected chi connectivity index (χ2v) is 7.24. The van der Waals surface area contributed by atoms with E-state index in [4.69, 9.17) is 14.2 Å². The molecule has 24 heavy (non-hydrogen) atoms. The molecule has 0 aliphatic carbocycles. The first-order valence-electron chi connectivity index (χ1n) is 8.64. The second kappa shape index (κ2) is 15.6. The van der Waals surface area contributed by atoms with Gasteiger partial charge in [-0.1, -0.05) is 26.7 Å². The van der Waals surface area contributed by atoms with Crippen molar-refractivity contribution in [2.24, 2.45) is 5.92 Å². The fourth-order valence-electron chi connectivity index (χ4n) is 1.86. The number of rotatable bonds is 14. The smallest absolute Gasteiger partial charge is 0.407 e. The lowest BCUT2D eigenvalue weighted by atomic mass is 10.1. The van der Waals surface area contributed by atoms with Crippen molar-refractivity contribution in [3.05, 3.63) is 0 Å². The van der Waals surface area contributed by atoms with Crippen LogP contribution in [0.5, 0.6) is 0 Å². The second-order valence-electron chi connectivity index (χ2n) is 6.06. The van der Waals surface area contributed by atoms with E-state index in [9.17, 15) is 9.59 Å². The number of hydrogen-bond donors (Lipinski definition) is 3. The Kier molecular flexibility index (Phi) is 15.0. The van der Waals surface area contributed by atoms with E-state index in [0.29, 0.717) is 32.0 Å². The molecule has 3 N–H and O–H groups in total. The number of carbonyl (C=O) groups excluding carboxylic acids is 2. The summed E-state index contributed by atoms with van der Waals surface area (Å²) in [6.07, 6.45) is 4.69.